The molecule has 0 aromatic rings. The van der Waals surface area contributed by atoms with Crippen molar-refractivity contribution in [2.75, 3.05) is 13.2 Å². The molecule has 0 amide bonds. The average molecular weight is 893 g/mol. The van der Waals surface area contributed by atoms with E-state index in [0.717, 1.165) is 77.0 Å². The van der Waals surface area contributed by atoms with Gasteiger partial charge in [-0.2, -0.15) is 0 Å². The van der Waals surface area contributed by atoms with Crippen LogP contribution < -0.4 is 0 Å². The molecule has 0 spiro atoms. The van der Waals surface area contributed by atoms with Crippen molar-refractivity contribution >= 4 is 17.9 Å². The number of hydrogen-bond acceptors (Lipinski definition) is 6. The molecule has 368 valence electrons. The minimum atomic E-state index is -0.801. The van der Waals surface area contributed by atoms with Gasteiger partial charge < -0.3 is 14.2 Å². The van der Waals surface area contributed by atoms with Crippen molar-refractivity contribution in [1.29, 1.82) is 0 Å². The smallest absolute Gasteiger partial charge is 0.306 e. The van der Waals surface area contributed by atoms with Crippen LogP contribution in [0.5, 0.6) is 0 Å². The standard InChI is InChI=1S/C58H100O6/c1-4-7-10-13-16-19-22-25-27-28-29-31-33-36-39-42-45-48-51-57(60)63-54-55(53-62-56(59)50-47-44-41-38-35-32-24-21-18-15-12-9-6-3)64-58(61)52-49-46-43-40-37-34-30-26-23-20-17-14-11-8-5-2/h8,11,14,17,20,23,26,30,32,34-35,37,55H,4-7,9-10,12-13,15-16,18-19,21-22,24-25,27-29,31,33,36,38-54H2,1-3H3/b11-8-,17-14-,23-20-,30-26-,35-32-,37-34-. The molecule has 6 heteroatoms. The lowest BCUT2D eigenvalue weighted by Crippen LogP contribution is -2.30. The Balaban J connectivity index is 4.43. The quantitative estimate of drug-likeness (QED) is 0.0199. The minimum absolute atomic E-state index is 0.0956. The maximum absolute atomic E-state index is 12.8. The highest BCUT2D eigenvalue weighted by Crippen LogP contribution is 2.16. The summed E-state index contributed by atoms with van der Waals surface area (Å²) in [5.41, 5.74) is 0. The number of carbonyl (C=O) groups excluding carboxylic acids is 3. The molecular weight excluding hydrogens is 793 g/mol. The molecule has 0 saturated carbocycles. The van der Waals surface area contributed by atoms with Gasteiger partial charge in [0.05, 0.1) is 0 Å². The average Bonchev–Trinajstić information content (AvgIpc) is 3.29. The van der Waals surface area contributed by atoms with Gasteiger partial charge in [-0.3, -0.25) is 14.4 Å². The van der Waals surface area contributed by atoms with Crippen molar-refractivity contribution in [2.45, 2.75) is 264 Å². The zero-order valence-electron chi connectivity index (χ0n) is 42.0. The van der Waals surface area contributed by atoms with Gasteiger partial charge in [0, 0.05) is 19.3 Å². The van der Waals surface area contributed by atoms with E-state index in [1.54, 1.807) is 0 Å². The summed E-state index contributed by atoms with van der Waals surface area (Å²) >= 11 is 0. The van der Waals surface area contributed by atoms with Gasteiger partial charge in [-0.05, 0) is 64.2 Å². The molecule has 0 rings (SSSR count). The molecular formula is C58H100O6. The fourth-order valence-electron chi connectivity index (χ4n) is 7.52. The van der Waals surface area contributed by atoms with Gasteiger partial charge in [-0.1, -0.05) is 248 Å². The summed E-state index contributed by atoms with van der Waals surface area (Å²) in [5.74, 6) is -0.949. The van der Waals surface area contributed by atoms with Crippen LogP contribution in [0.25, 0.3) is 0 Å². The van der Waals surface area contributed by atoms with Crippen LogP contribution in [0.4, 0.5) is 0 Å². The molecule has 6 nitrogen and oxygen atoms in total. The van der Waals surface area contributed by atoms with E-state index in [2.05, 4.69) is 45.1 Å². The van der Waals surface area contributed by atoms with Crippen LogP contribution in [0.3, 0.4) is 0 Å². The van der Waals surface area contributed by atoms with Gasteiger partial charge in [0.1, 0.15) is 13.2 Å². The van der Waals surface area contributed by atoms with E-state index in [4.69, 9.17) is 14.2 Å². The highest BCUT2D eigenvalue weighted by Gasteiger charge is 2.19. The minimum Gasteiger partial charge on any atom is -0.462 e. The fourth-order valence-corrected chi connectivity index (χ4v) is 7.52. The molecule has 0 N–H and O–H groups in total. The van der Waals surface area contributed by atoms with Crippen LogP contribution >= 0.6 is 0 Å². The summed E-state index contributed by atoms with van der Waals surface area (Å²) in [6.07, 6.45) is 66.0. The first kappa shape index (κ1) is 60.9. The molecule has 1 unspecified atom stereocenters. The molecule has 0 aliphatic heterocycles. The summed E-state index contributed by atoms with van der Waals surface area (Å²) in [4.78, 5) is 38.0. The summed E-state index contributed by atoms with van der Waals surface area (Å²) in [7, 11) is 0. The topological polar surface area (TPSA) is 78.9 Å². The van der Waals surface area contributed by atoms with E-state index < -0.39 is 6.10 Å². The number of carbonyl (C=O) groups is 3. The first-order chi connectivity index (χ1) is 31.5. The van der Waals surface area contributed by atoms with E-state index in [-0.39, 0.29) is 37.5 Å². The SMILES string of the molecule is CC\C=C/C=C\C=C/C=C\C=C/CCCCCC(=O)OC(COC(=O)CCCCC/C=C\CCCCCCCC)COC(=O)CCCCCCCCCCCCCCCCCCCC. The summed E-state index contributed by atoms with van der Waals surface area (Å²) in [6, 6.07) is 0. The zero-order valence-corrected chi connectivity index (χ0v) is 42.0. The van der Waals surface area contributed by atoms with Crippen LogP contribution in [0.2, 0.25) is 0 Å². The normalized spacial score (nSPS) is 12.6. The Kier molecular flexibility index (Phi) is 49.9. The van der Waals surface area contributed by atoms with E-state index in [1.165, 1.54) is 135 Å². The predicted octanol–water partition coefficient (Wildman–Crippen LogP) is 17.8. The lowest BCUT2D eigenvalue weighted by Gasteiger charge is -2.18. The van der Waals surface area contributed by atoms with Gasteiger partial charge in [0.2, 0.25) is 0 Å². The second-order valence-corrected chi connectivity index (χ2v) is 17.9. The van der Waals surface area contributed by atoms with E-state index in [1.807, 2.05) is 48.6 Å². The Labute approximate surface area is 395 Å². The van der Waals surface area contributed by atoms with Gasteiger partial charge in [-0.15, -0.1) is 0 Å². The van der Waals surface area contributed by atoms with Gasteiger partial charge >= 0.3 is 17.9 Å². The Morgan fingerprint density at radius 3 is 1.02 bits per heavy atom. The molecule has 0 aromatic heterocycles. The predicted molar refractivity (Wildman–Crippen MR) is 274 cm³/mol. The molecule has 0 heterocycles. The largest absolute Gasteiger partial charge is 0.462 e. The van der Waals surface area contributed by atoms with Gasteiger partial charge in [0.15, 0.2) is 6.10 Å². The second kappa shape index (κ2) is 52.5. The molecule has 0 bridgehead atoms. The number of unbranched alkanes of at least 4 members (excludes halogenated alkanes) is 29. The maximum atomic E-state index is 12.8. The van der Waals surface area contributed by atoms with Crippen LogP contribution in [0.1, 0.15) is 258 Å². The lowest BCUT2D eigenvalue weighted by molar-refractivity contribution is -0.167. The monoisotopic (exact) mass is 893 g/mol. The second-order valence-electron chi connectivity index (χ2n) is 17.9. The van der Waals surface area contributed by atoms with Gasteiger partial charge in [-0.25, -0.2) is 0 Å². The van der Waals surface area contributed by atoms with Crippen molar-refractivity contribution < 1.29 is 28.6 Å². The lowest BCUT2D eigenvalue weighted by atomic mass is 10.0. The van der Waals surface area contributed by atoms with Crippen LogP contribution in [0, 0.1) is 0 Å². The van der Waals surface area contributed by atoms with E-state index >= 15 is 0 Å². The Hall–Kier alpha value is -3.15. The third kappa shape index (κ3) is 49.9. The van der Waals surface area contributed by atoms with Crippen molar-refractivity contribution in [3.8, 4) is 0 Å². The van der Waals surface area contributed by atoms with Crippen molar-refractivity contribution in [3.63, 3.8) is 0 Å². The van der Waals surface area contributed by atoms with Crippen LogP contribution in [-0.4, -0.2) is 37.2 Å². The van der Waals surface area contributed by atoms with E-state index in [9.17, 15) is 14.4 Å². The maximum Gasteiger partial charge on any atom is 0.306 e. The number of rotatable bonds is 48. The van der Waals surface area contributed by atoms with E-state index in [0.29, 0.717) is 19.3 Å². The number of hydrogen-bond donors (Lipinski definition) is 0. The van der Waals surface area contributed by atoms with Crippen LogP contribution in [0.15, 0.2) is 72.9 Å². The highest BCUT2D eigenvalue weighted by molar-refractivity contribution is 5.71. The van der Waals surface area contributed by atoms with Crippen LogP contribution in [-0.2, 0) is 28.6 Å². The number of esters is 3. The molecule has 0 aromatic carbocycles. The Bertz CT molecular complexity index is 1210. The summed E-state index contributed by atoms with van der Waals surface area (Å²) in [5, 5.41) is 0. The molecule has 64 heavy (non-hydrogen) atoms. The first-order valence-electron chi connectivity index (χ1n) is 27.0. The Morgan fingerprint density at radius 2 is 0.625 bits per heavy atom. The highest BCUT2D eigenvalue weighted by atomic mass is 16.6. The zero-order chi connectivity index (χ0) is 46.5. The summed E-state index contributed by atoms with van der Waals surface area (Å²) in [6.45, 7) is 6.45. The summed E-state index contributed by atoms with van der Waals surface area (Å²) < 4.78 is 16.8. The van der Waals surface area contributed by atoms with Crippen molar-refractivity contribution in [1.82, 2.24) is 0 Å². The number of allylic oxidation sites excluding steroid dienone is 12. The molecule has 0 radical (unpaired) electrons. The third-order valence-corrected chi connectivity index (χ3v) is 11.6. The third-order valence-electron chi connectivity index (χ3n) is 11.6. The molecule has 0 fully saturated rings. The molecule has 0 aliphatic rings. The molecule has 0 saturated heterocycles. The van der Waals surface area contributed by atoms with Crippen molar-refractivity contribution in [2.24, 2.45) is 0 Å². The molecule has 1 atom stereocenters. The molecule has 0 aliphatic carbocycles. The first-order valence-corrected chi connectivity index (χ1v) is 27.0. The number of ether oxygens (including phenoxy) is 3. The van der Waals surface area contributed by atoms with Crippen molar-refractivity contribution in [3.05, 3.63) is 72.9 Å². The van der Waals surface area contributed by atoms with Gasteiger partial charge in [0.25, 0.3) is 0 Å². The Morgan fingerprint density at radius 1 is 0.328 bits per heavy atom. The fraction of sp³-hybridized carbons (Fsp3) is 0.741.